The first-order valence-corrected chi connectivity index (χ1v) is 11.8. The van der Waals surface area contributed by atoms with Crippen LogP contribution in [0, 0.1) is 0 Å². The maximum Gasteiger partial charge on any atom is 0.411 e. The predicted molar refractivity (Wildman–Crippen MR) is 125 cm³/mol. The molecule has 1 spiro atoms. The van der Waals surface area contributed by atoms with Gasteiger partial charge in [-0.05, 0) is 30.5 Å². The highest BCUT2D eigenvalue weighted by Gasteiger charge is 2.73. The van der Waals surface area contributed by atoms with Crippen molar-refractivity contribution in [3.63, 3.8) is 0 Å². The van der Waals surface area contributed by atoms with E-state index in [4.69, 9.17) is 4.74 Å². The Morgan fingerprint density at radius 1 is 1.09 bits per heavy atom. The summed E-state index contributed by atoms with van der Waals surface area (Å²) in [7, 11) is 1.27. The van der Waals surface area contributed by atoms with Gasteiger partial charge in [0, 0.05) is 18.8 Å². The Hall–Kier alpha value is -3.88. The molecule has 3 fully saturated rings. The molecule has 35 heavy (non-hydrogen) atoms. The third-order valence-electron chi connectivity index (χ3n) is 8.20. The topological polar surface area (TPSA) is 90.5 Å². The highest BCUT2D eigenvalue weighted by atomic mass is 16.5. The zero-order valence-corrected chi connectivity index (χ0v) is 19.5. The predicted octanol–water partition coefficient (Wildman–Crippen LogP) is 1.71. The summed E-state index contributed by atoms with van der Waals surface area (Å²) >= 11 is 0. The lowest BCUT2D eigenvalue weighted by Crippen LogP contribution is -2.71. The molecule has 0 radical (unpaired) electrons. The molecule has 2 aromatic rings. The van der Waals surface area contributed by atoms with E-state index in [1.165, 1.54) is 12.0 Å². The zero-order valence-electron chi connectivity index (χ0n) is 19.5. The van der Waals surface area contributed by atoms with E-state index in [-0.39, 0.29) is 11.8 Å². The summed E-state index contributed by atoms with van der Waals surface area (Å²) in [4.78, 5) is 59.1. The molecular formula is C26H26N4O5. The Bertz CT molecular complexity index is 1240. The van der Waals surface area contributed by atoms with Crippen LogP contribution in [0.15, 0.2) is 54.6 Å². The van der Waals surface area contributed by atoms with Gasteiger partial charge in [-0.3, -0.25) is 24.2 Å². The van der Waals surface area contributed by atoms with Crippen LogP contribution in [0.25, 0.3) is 0 Å². The van der Waals surface area contributed by atoms with Crippen LogP contribution < -0.4 is 4.90 Å². The van der Waals surface area contributed by atoms with Crippen molar-refractivity contribution in [3.05, 3.63) is 65.7 Å². The van der Waals surface area contributed by atoms with Crippen LogP contribution >= 0.6 is 0 Å². The molecule has 0 unspecified atom stereocenters. The summed E-state index contributed by atoms with van der Waals surface area (Å²) in [6, 6.07) is 15.4. The van der Waals surface area contributed by atoms with Gasteiger partial charge in [0.2, 0.25) is 18.2 Å². The number of anilines is 1. The minimum absolute atomic E-state index is 0.129. The standard InChI is InChI=1S/C26H26N4O5/c1-16-22(32)27(13-17-8-4-3-5-9-17)14-21-26-12-20(23(33)29(16)21)30(25(34)35-2)24(26)28(15-31)19-11-7-6-10-18(19)26/h3-11,15-16,20-21,24H,12-14H2,1-2H3/t16-,20+,21+,24-,26-/m0/s1. The van der Waals surface area contributed by atoms with E-state index in [9.17, 15) is 19.2 Å². The molecule has 0 saturated carbocycles. The monoisotopic (exact) mass is 474 g/mol. The number of amides is 4. The maximum absolute atomic E-state index is 13.8. The van der Waals surface area contributed by atoms with Gasteiger partial charge in [-0.1, -0.05) is 48.5 Å². The number of rotatable bonds is 3. The second kappa shape index (κ2) is 7.56. The van der Waals surface area contributed by atoms with Gasteiger partial charge in [0.25, 0.3) is 0 Å². The summed E-state index contributed by atoms with van der Waals surface area (Å²) in [5.41, 5.74) is 1.89. The number of benzene rings is 2. The third kappa shape index (κ3) is 2.69. The number of hydrogen-bond donors (Lipinski definition) is 0. The lowest BCUT2D eigenvalue weighted by Gasteiger charge is -2.53. The number of hydrogen-bond acceptors (Lipinski definition) is 5. The Morgan fingerprint density at radius 3 is 2.51 bits per heavy atom. The van der Waals surface area contributed by atoms with E-state index < -0.39 is 35.8 Å². The van der Waals surface area contributed by atoms with Crippen molar-refractivity contribution in [2.75, 3.05) is 18.6 Å². The average molecular weight is 475 g/mol. The molecule has 2 bridgehead atoms. The first-order chi connectivity index (χ1) is 16.9. The second-order valence-electron chi connectivity index (χ2n) is 9.68. The Balaban J connectivity index is 1.52. The van der Waals surface area contributed by atoms with Crippen molar-refractivity contribution in [2.45, 2.75) is 49.6 Å². The van der Waals surface area contributed by atoms with Crippen LogP contribution in [-0.4, -0.2) is 77.0 Å². The number of piperazine rings is 1. The highest BCUT2D eigenvalue weighted by molar-refractivity contribution is 5.97. The number of piperidine rings is 1. The molecule has 4 heterocycles. The van der Waals surface area contributed by atoms with Crippen molar-refractivity contribution in [1.29, 1.82) is 0 Å². The molecule has 9 heteroatoms. The normalized spacial score (nSPS) is 30.7. The van der Waals surface area contributed by atoms with Crippen LogP contribution in [0.4, 0.5) is 10.5 Å². The van der Waals surface area contributed by atoms with Crippen molar-refractivity contribution < 1.29 is 23.9 Å². The van der Waals surface area contributed by atoms with Gasteiger partial charge >= 0.3 is 6.09 Å². The lowest BCUT2D eigenvalue weighted by atomic mass is 9.67. The smallest absolute Gasteiger partial charge is 0.411 e. The minimum atomic E-state index is -0.810. The van der Waals surface area contributed by atoms with E-state index >= 15 is 0 Å². The van der Waals surface area contributed by atoms with Crippen molar-refractivity contribution in [3.8, 4) is 0 Å². The number of likely N-dealkylation sites (tertiary alicyclic amines) is 1. The Labute approximate surface area is 202 Å². The molecular weight excluding hydrogens is 448 g/mol. The number of fused-ring (bicyclic) bond motifs is 3. The molecule has 4 aliphatic rings. The summed E-state index contributed by atoms with van der Waals surface area (Å²) in [6.07, 6.45) is -0.278. The quantitative estimate of drug-likeness (QED) is 0.632. The number of para-hydroxylation sites is 1. The summed E-state index contributed by atoms with van der Waals surface area (Å²) in [6.45, 7) is 2.48. The molecule has 5 atom stereocenters. The van der Waals surface area contributed by atoms with Crippen LogP contribution in [0.1, 0.15) is 24.5 Å². The van der Waals surface area contributed by atoms with Gasteiger partial charge in [0.05, 0.1) is 18.6 Å². The van der Waals surface area contributed by atoms with Gasteiger partial charge in [0.1, 0.15) is 18.2 Å². The third-order valence-corrected chi connectivity index (χ3v) is 8.20. The maximum atomic E-state index is 13.8. The molecule has 2 aromatic carbocycles. The van der Waals surface area contributed by atoms with Crippen molar-refractivity contribution >= 4 is 30.0 Å². The fraction of sp³-hybridized carbons (Fsp3) is 0.385. The second-order valence-corrected chi connectivity index (χ2v) is 9.68. The Kier molecular flexibility index (Phi) is 4.67. The molecule has 0 aliphatic carbocycles. The molecule has 4 amide bonds. The summed E-state index contributed by atoms with van der Waals surface area (Å²) in [5, 5.41) is 0. The number of methoxy groups -OCH3 is 1. The van der Waals surface area contributed by atoms with Gasteiger partial charge in [-0.25, -0.2) is 4.79 Å². The van der Waals surface area contributed by atoms with E-state index in [1.807, 2.05) is 54.6 Å². The molecule has 4 aliphatic heterocycles. The number of carbonyl (C=O) groups is 4. The van der Waals surface area contributed by atoms with Crippen molar-refractivity contribution in [2.24, 2.45) is 0 Å². The lowest BCUT2D eigenvalue weighted by molar-refractivity contribution is -0.162. The zero-order chi connectivity index (χ0) is 24.5. The number of nitrogens with zero attached hydrogens (tertiary/aromatic N) is 4. The molecule has 180 valence electrons. The largest absolute Gasteiger partial charge is 0.453 e. The molecule has 9 nitrogen and oxygen atoms in total. The van der Waals surface area contributed by atoms with E-state index in [1.54, 1.807) is 21.6 Å². The SMILES string of the molecule is COC(=O)N1[C@@H]2C[C@]3(c4ccccc4N(C=O)[C@@H]13)[C@H]1CN(Cc3ccccc3)C(=O)[C@H](C)N1C2=O. The molecule has 3 saturated heterocycles. The average Bonchev–Trinajstić information content (AvgIpc) is 3.34. The van der Waals surface area contributed by atoms with Gasteiger partial charge in [-0.15, -0.1) is 0 Å². The fourth-order valence-corrected chi connectivity index (χ4v) is 6.85. The minimum Gasteiger partial charge on any atom is -0.453 e. The van der Waals surface area contributed by atoms with E-state index in [2.05, 4.69) is 0 Å². The first-order valence-electron chi connectivity index (χ1n) is 11.8. The Morgan fingerprint density at radius 2 is 1.80 bits per heavy atom. The molecule has 0 aromatic heterocycles. The van der Waals surface area contributed by atoms with Crippen LogP contribution in [0.5, 0.6) is 0 Å². The van der Waals surface area contributed by atoms with E-state index in [0.717, 1.165) is 17.5 Å². The van der Waals surface area contributed by atoms with Gasteiger partial charge in [0.15, 0.2) is 0 Å². The van der Waals surface area contributed by atoms with E-state index in [0.29, 0.717) is 25.2 Å². The number of carbonyl (C=O) groups excluding carboxylic acids is 4. The van der Waals surface area contributed by atoms with Crippen LogP contribution in [0.2, 0.25) is 0 Å². The van der Waals surface area contributed by atoms with Crippen LogP contribution in [0.3, 0.4) is 0 Å². The first kappa shape index (κ1) is 21.6. The molecule has 0 N–H and O–H groups in total. The number of ether oxygens (including phenoxy) is 1. The summed E-state index contributed by atoms with van der Waals surface area (Å²) < 4.78 is 5.08. The van der Waals surface area contributed by atoms with Gasteiger partial charge in [-0.2, -0.15) is 0 Å². The highest BCUT2D eigenvalue weighted by Crippen LogP contribution is 2.60. The summed E-state index contributed by atoms with van der Waals surface area (Å²) in [5.74, 6) is -0.403. The molecule has 6 rings (SSSR count). The van der Waals surface area contributed by atoms with Crippen molar-refractivity contribution in [1.82, 2.24) is 14.7 Å². The van der Waals surface area contributed by atoms with Crippen LogP contribution in [-0.2, 0) is 31.1 Å². The van der Waals surface area contributed by atoms with Gasteiger partial charge < -0.3 is 14.5 Å². The fourth-order valence-electron chi connectivity index (χ4n) is 6.85.